The fourth-order valence-electron chi connectivity index (χ4n) is 0.246. The summed E-state index contributed by atoms with van der Waals surface area (Å²) in [6.07, 6.45) is 0. The van der Waals surface area contributed by atoms with Gasteiger partial charge >= 0.3 is 0 Å². The summed E-state index contributed by atoms with van der Waals surface area (Å²) in [6, 6.07) is 0. The molecule has 6 heavy (non-hydrogen) atoms. The Bertz CT molecular complexity index is 47.9. The largest absolute Gasteiger partial charge is 0.132 e. The second-order valence-electron chi connectivity index (χ2n) is 1.14. The minimum Gasteiger partial charge on any atom is -0.132 e. The van der Waals surface area contributed by atoms with E-state index in [0.29, 0.717) is 0 Å². The highest BCUT2D eigenvalue weighted by Gasteiger charge is 1.76. The van der Waals surface area contributed by atoms with Crippen LogP contribution in [-0.4, -0.2) is 5.75 Å². The fraction of sp³-hybridized carbons (Fsp3) is 0.600. The van der Waals surface area contributed by atoms with Gasteiger partial charge in [-0.05, 0) is 17.6 Å². The zero-order valence-electron chi connectivity index (χ0n) is 4.32. The Morgan fingerprint density at radius 2 is 2.33 bits per heavy atom. The molecule has 0 atom stereocenters. The summed E-state index contributed by atoms with van der Waals surface area (Å²) in [5.41, 5.74) is 0. The normalized spacial score (nSPS) is 8.33. The maximum absolute atomic E-state index is 3.71. The predicted molar refractivity (Wildman–Crippen MR) is 32.9 cm³/mol. The van der Waals surface area contributed by atoms with Crippen molar-refractivity contribution >= 4 is 11.8 Å². The molecule has 0 aromatic carbocycles. The Balaban J connectivity index is 2.83. The lowest BCUT2D eigenvalue weighted by Crippen LogP contribution is -1.62. The van der Waals surface area contributed by atoms with E-state index in [4.69, 9.17) is 0 Å². The highest BCUT2D eigenvalue weighted by molar-refractivity contribution is 8.02. The molecule has 0 fully saturated rings. The molecule has 0 rings (SSSR count). The van der Waals surface area contributed by atoms with Crippen LogP contribution < -0.4 is 0 Å². The second-order valence-corrected chi connectivity index (χ2v) is 2.70. The van der Waals surface area contributed by atoms with Crippen LogP contribution in [0.25, 0.3) is 0 Å². The minimum absolute atomic E-state index is 1.15. The van der Waals surface area contributed by atoms with Crippen molar-refractivity contribution in [1.29, 1.82) is 0 Å². The van der Waals surface area contributed by atoms with Gasteiger partial charge in [-0.3, -0.25) is 0 Å². The van der Waals surface area contributed by atoms with Gasteiger partial charge in [-0.15, -0.1) is 11.8 Å². The standard InChI is InChI=1S/C5H10S/c1-4-6-5(2)3/h2,4H2,1,3H3. The van der Waals surface area contributed by atoms with Crippen molar-refractivity contribution in [1.82, 2.24) is 0 Å². The molecule has 0 N–H and O–H groups in total. The summed E-state index contributed by atoms with van der Waals surface area (Å²) in [7, 11) is 0. The van der Waals surface area contributed by atoms with Gasteiger partial charge in [0.05, 0.1) is 0 Å². The Morgan fingerprint density at radius 1 is 1.83 bits per heavy atom. The number of hydrogen-bond acceptors (Lipinski definition) is 1. The number of thioether (sulfide) groups is 1. The highest BCUT2D eigenvalue weighted by Crippen LogP contribution is 2.08. The Morgan fingerprint density at radius 3 is 2.33 bits per heavy atom. The third kappa shape index (κ3) is 4.09. The van der Waals surface area contributed by atoms with Gasteiger partial charge in [0.2, 0.25) is 0 Å². The minimum atomic E-state index is 1.15. The SMILES string of the molecule is C=C(C)SCC. The number of hydrogen-bond donors (Lipinski definition) is 0. The van der Waals surface area contributed by atoms with Gasteiger partial charge in [-0.25, -0.2) is 0 Å². The van der Waals surface area contributed by atoms with E-state index in [1.165, 1.54) is 4.91 Å². The van der Waals surface area contributed by atoms with Crippen LogP contribution in [0.15, 0.2) is 11.5 Å². The molecule has 0 saturated carbocycles. The number of rotatable bonds is 2. The van der Waals surface area contributed by atoms with E-state index in [9.17, 15) is 0 Å². The average Bonchev–Trinajstić information content (AvgIpc) is 1.35. The van der Waals surface area contributed by atoms with Gasteiger partial charge < -0.3 is 0 Å². The first kappa shape index (κ1) is 6.09. The summed E-state index contributed by atoms with van der Waals surface area (Å²) < 4.78 is 0. The maximum atomic E-state index is 3.71. The molecule has 0 unspecified atom stereocenters. The molecule has 36 valence electrons. The van der Waals surface area contributed by atoms with Crippen molar-refractivity contribution in [3.05, 3.63) is 11.5 Å². The van der Waals surface area contributed by atoms with Crippen LogP contribution in [0.3, 0.4) is 0 Å². The zero-order chi connectivity index (χ0) is 4.99. The molecule has 0 bridgehead atoms. The summed E-state index contributed by atoms with van der Waals surface area (Å²) in [5, 5.41) is 0. The van der Waals surface area contributed by atoms with Crippen molar-refractivity contribution < 1.29 is 0 Å². The van der Waals surface area contributed by atoms with Crippen molar-refractivity contribution in [2.45, 2.75) is 13.8 Å². The van der Waals surface area contributed by atoms with Crippen LogP contribution in [0.2, 0.25) is 0 Å². The lowest BCUT2D eigenvalue weighted by atomic mass is 10.8. The summed E-state index contributed by atoms with van der Waals surface area (Å²) in [4.78, 5) is 1.21. The Hall–Kier alpha value is 0.0900. The second kappa shape index (κ2) is 3.29. The topological polar surface area (TPSA) is 0 Å². The van der Waals surface area contributed by atoms with Crippen LogP contribution in [0.5, 0.6) is 0 Å². The molecule has 0 spiro atoms. The third-order valence-corrected chi connectivity index (χ3v) is 1.17. The molecule has 0 nitrogen and oxygen atoms in total. The van der Waals surface area contributed by atoms with E-state index in [0.717, 1.165) is 5.75 Å². The molecule has 0 aliphatic heterocycles. The van der Waals surface area contributed by atoms with Crippen molar-refractivity contribution in [2.75, 3.05) is 5.75 Å². The first-order valence-electron chi connectivity index (χ1n) is 2.05. The zero-order valence-corrected chi connectivity index (χ0v) is 5.14. The highest BCUT2D eigenvalue weighted by atomic mass is 32.2. The van der Waals surface area contributed by atoms with Gasteiger partial charge in [0.15, 0.2) is 0 Å². The first-order chi connectivity index (χ1) is 2.77. The fourth-order valence-corrected chi connectivity index (χ4v) is 0.739. The van der Waals surface area contributed by atoms with Crippen LogP contribution >= 0.6 is 11.8 Å². The molecule has 0 saturated heterocycles. The van der Waals surface area contributed by atoms with Crippen LogP contribution in [0, 0.1) is 0 Å². The van der Waals surface area contributed by atoms with Crippen LogP contribution in [-0.2, 0) is 0 Å². The van der Waals surface area contributed by atoms with Crippen molar-refractivity contribution in [3.63, 3.8) is 0 Å². The molecule has 0 aromatic rings. The summed E-state index contributed by atoms with van der Waals surface area (Å²) in [5.74, 6) is 1.15. The van der Waals surface area contributed by atoms with Crippen LogP contribution in [0.4, 0.5) is 0 Å². The molecule has 0 aliphatic carbocycles. The van der Waals surface area contributed by atoms with Gasteiger partial charge in [-0.2, -0.15) is 0 Å². The molecular formula is C5H10S. The Labute approximate surface area is 43.6 Å². The van der Waals surface area contributed by atoms with Crippen molar-refractivity contribution in [3.8, 4) is 0 Å². The molecule has 0 radical (unpaired) electrons. The molecule has 0 heterocycles. The maximum Gasteiger partial charge on any atom is -0.00520 e. The van der Waals surface area contributed by atoms with E-state index in [-0.39, 0.29) is 0 Å². The van der Waals surface area contributed by atoms with E-state index in [1.54, 1.807) is 11.8 Å². The molecule has 0 amide bonds. The summed E-state index contributed by atoms with van der Waals surface area (Å²) >= 11 is 1.79. The lowest BCUT2D eigenvalue weighted by Gasteiger charge is -1.87. The van der Waals surface area contributed by atoms with Gasteiger partial charge in [-0.1, -0.05) is 13.5 Å². The van der Waals surface area contributed by atoms with E-state index in [2.05, 4.69) is 13.5 Å². The van der Waals surface area contributed by atoms with E-state index >= 15 is 0 Å². The average molecular weight is 102 g/mol. The van der Waals surface area contributed by atoms with Crippen molar-refractivity contribution in [2.24, 2.45) is 0 Å². The first-order valence-corrected chi connectivity index (χ1v) is 3.04. The monoisotopic (exact) mass is 102 g/mol. The molecule has 0 aromatic heterocycles. The van der Waals surface area contributed by atoms with E-state index < -0.39 is 0 Å². The lowest BCUT2D eigenvalue weighted by molar-refractivity contribution is 1.52. The molecule has 1 heteroatoms. The smallest absolute Gasteiger partial charge is 0.00520 e. The third-order valence-electron chi connectivity index (χ3n) is 0.391. The molecular weight excluding hydrogens is 92.1 g/mol. The van der Waals surface area contributed by atoms with Gasteiger partial charge in [0.1, 0.15) is 0 Å². The van der Waals surface area contributed by atoms with Gasteiger partial charge in [0, 0.05) is 0 Å². The van der Waals surface area contributed by atoms with Gasteiger partial charge in [0.25, 0.3) is 0 Å². The predicted octanol–water partition coefficient (Wildman–Crippen LogP) is 2.27. The molecule has 0 aliphatic rings. The Kier molecular flexibility index (Phi) is 3.34. The number of allylic oxidation sites excluding steroid dienone is 1. The van der Waals surface area contributed by atoms with Crippen LogP contribution in [0.1, 0.15) is 13.8 Å². The van der Waals surface area contributed by atoms with E-state index in [1.807, 2.05) is 6.92 Å². The quantitative estimate of drug-likeness (QED) is 0.515. The summed E-state index contributed by atoms with van der Waals surface area (Å²) in [6.45, 7) is 7.85.